The molecule has 0 fully saturated rings. The van der Waals surface area contributed by atoms with E-state index in [2.05, 4.69) is 30.2 Å². The second-order valence-corrected chi connectivity index (χ2v) is 8.09. The van der Waals surface area contributed by atoms with Gasteiger partial charge in [0, 0.05) is 31.3 Å². The Bertz CT molecular complexity index is 451. The molecule has 20 heavy (non-hydrogen) atoms. The van der Waals surface area contributed by atoms with Gasteiger partial charge in [-0.15, -0.1) is 0 Å². The van der Waals surface area contributed by atoms with E-state index in [9.17, 15) is 4.57 Å². The molecule has 1 N–H and O–H groups in total. The number of aromatic nitrogens is 1. The van der Waals surface area contributed by atoms with Gasteiger partial charge in [0.1, 0.15) is 0 Å². The molecule has 1 rings (SSSR count). The van der Waals surface area contributed by atoms with E-state index in [0.29, 0.717) is 18.8 Å². The average Bonchev–Trinajstić information content (AvgIpc) is 2.39. The number of aryl methyl sites for hydroxylation is 1. The monoisotopic (exact) mass is 298 g/mol. The molecule has 1 aromatic rings. The Hall–Kier alpha value is -0.700. The molecule has 0 saturated carbocycles. The Balaban J connectivity index is 2.25. The molecule has 0 amide bonds. The van der Waals surface area contributed by atoms with Crippen molar-refractivity contribution in [2.75, 3.05) is 26.0 Å². The average molecular weight is 298 g/mol. The highest BCUT2D eigenvalue weighted by Gasteiger charge is 2.16. The quantitative estimate of drug-likeness (QED) is 0.711. The number of nitrogens with one attached hydrogen (secondary N) is 1. The molecule has 0 saturated heterocycles. The van der Waals surface area contributed by atoms with E-state index in [4.69, 9.17) is 4.52 Å². The van der Waals surface area contributed by atoms with Crippen molar-refractivity contribution in [2.24, 2.45) is 0 Å². The predicted octanol–water partition coefficient (Wildman–Crippen LogP) is 3.25. The van der Waals surface area contributed by atoms with Crippen LogP contribution in [-0.4, -0.2) is 37.0 Å². The van der Waals surface area contributed by atoms with Gasteiger partial charge in [0.15, 0.2) is 7.37 Å². The third-order valence-corrected chi connectivity index (χ3v) is 5.27. The van der Waals surface area contributed by atoms with Crippen LogP contribution in [0.2, 0.25) is 0 Å². The maximum absolute atomic E-state index is 12.0. The zero-order chi connectivity index (χ0) is 15.0. The van der Waals surface area contributed by atoms with Gasteiger partial charge in [0.05, 0.1) is 6.61 Å². The fourth-order valence-electron chi connectivity index (χ4n) is 2.10. The molecule has 0 aliphatic rings. The summed E-state index contributed by atoms with van der Waals surface area (Å²) in [5.41, 5.74) is 2.56. The highest BCUT2D eigenvalue weighted by molar-refractivity contribution is 7.58. The van der Waals surface area contributed by atoms with E-state index in [-0.39, 0.29) is 0 Å². The lowest BCUT2D eigenvalue weighted by Gasteiger charge is -2.17. The van der Waals surface area contributed by atoms with Crippen LogP contribution in [0.3, 0.4) is 0 Å². The van der Waals surface area contributed by atoms with E-state index in [1.807, 2.05) is 19.3 Å². The third kappa shape index (κ3) is 6.65. The Kier molecular flexibility index (Phi) is 7.42. The predicted molar refractivity (Wildman–Crippen MR) is 84.8 cm³/mol. The van der Waals surface area contributed by atoms with Crippen LogP contribution in [0.1, 0.15) is 31.4 Å². The molecule has 1 aromatic heterocycles. The molecular formula is C15H27N2O2P. The van der Waals surface area contributed by atoms with Gasteiger partial charge < -0.3 is 9.84 Å². The Morgan fingerprint density at radius 1 is 1.50 bits per heavy atom. The van der Waals surface area contributed by atoms with Crippen molar-refractivity contribution < 1.29 is 9.09 Å². The number of hydrogen-bond acceptors (Lipinski definition) is 4. The molecule has 0 unspecified atom stereocenters. The van der Waals surface area contributed by atoms with Crippen LogP contribution in [0.4, 0.5) is 0 Å². The molecule has 0 aromatic carbocycles. The lowest BCUT2D eigenvalue weighted by Crippen LogP contribution is -2.29. The third-order valence-electron chi connectivity index (χ3n) is 3.39. The number of pyridine rings is 1. The fraction of sp³-hybridized carbons (Fsp3) is 0.667. The minimum atomic E-state index is -2.39. The van der Waals surface area contributed by atoms with Gasteiger partial charge in [-0.1, -0.05) is 0 Å². The minimum Gasteiger partial charge on any atom is -0.329 e. The van der Waals surface area contributed by atoms with Crippen molar-refractivity contribution in [1.29, 1.82) is 0 Å². The maximum Gasteiger partial charge on any atom is 0.200 e. The summed E-state index contributed by atoms with van der Waals surface area (Å²) in [4.78, 5) is 4.10. The molecule has 2 atom stereocenters. The lowest BCUT2D eigenvalue weighted by molar-refractivity contribution is 0.335. The molecule has 1 heterocycles. The van der Waals surface area contributed by atoms with E-state index in [1.54, 1.807) is 6.66 Å². The highest BCUT2D eigenvalue weighted by atomic mass is 31.2. The van der Waals surface area contributed by atoms with Crippen molar-refractivity contribution in [3.05, 3.63) is 29.6 Å². The van der Waals surface area contributed by atoms with Crippen LogP contribution in [0, 0.1) is 6.92 Å². The van der Waals surface area contributed by atoms with Crippen molar-refractivity contribution >= 4 is 7.37 Å². The number of rotatable bonds is 9. The molecule has 0 spiro atoms. The smallest absolute Gasteiger partial charge is 0.200 e. The van der Waals surface area contributed by atoms with E-state index >= 15 is 0 Å². The molecule has 0 aliphatic carbocycles. The molecular weight excluding hydrogens is 271 g/mol. The van der Waals surface area contributed by atoms with Gasteiger partial charge in [-0.25, -0.2) is 0 Å². The first-order valence-corrected chi connectivity index (χ1v) is 9.54. The fourth-order valence-corrected chi connectivity index (χ4v) is 3.64. The van der Waals surface area contributed by atoms with Crippen LogP contribution < -0.4 is 5.32 Å². The van der Waals surface area contributed by atoms with Gasteiger partial charge in [-0.05, 0) is 57.4 Å². The largest absolute Gasteiger partial charge is 0.329 e. The second kappa shape index (κ2) is 8.56. The summed E-state index contributed by atoms with van der Waals surface area (Å²) in [5.74, 6) is 0. The van der Waals surface area contributed by atoms with Gasteiger partial charge >= 0.3 is 0 Å². The molecule has 0 aliphatic heterocycles. The topological polar surface area (TPSA) is 51.2 Å². The summed E-state index contributed by atoms with van der Waals surface area (Å²) in [6, 6.07) is 2.42. The molecule has 0 radical (unpaired) electrons. The molecule has 5 heteroatoms. The minimum absolute atomic E-state index is 0.353. The molecule has 114 valence electrons. The number of hydrogen-bond donors (Lipinski definition) is 1. The Morgan fingerprint density at radius 2 is 2.25 bits per heavy atom. The van der Waals surface area contributed by atoms with E-state index in [0.717, 1.165) is 19.4 Å². The SMILES string of the molecule is CCO[P@](C)(=O)CC[C@H](C)NCCc1ccncc1C. The Morgan fingerprint density at radius 3 is 2.90 bits per heavy atom. The van der Waals surface area contributed by atoms with Crippen molar-refractivity contribution in [3.63, 3.8) is 0 Å². The highest BCUT2D eigenvalue weighted by Crippen LogP contribution is 2.42. The summed E-state index contributed by atoms with van der Waals surface area (Å²) >= 11 is 0. The Labute approximate surface area is 122 Å². The molecule has 0 bridgehead atoms. The van der Waals surface area contributed by atoms with Crippen LogP contribution in [0.15, 0.2) is 18.5 Å². The normalized spacial score (nSPS) is 15.8. The van der Waals surface area contributed by atoms with Gasteiger partial charge in [-0.2, -0.15) is 0 Å². The summed E-state index contributed by atoms with van der Waals surface area (Å²) in [6.45, 7) is 9.27. The second-order valence-electron chi connectivity index (χ2n) is 5.35. The van der Waals surface area contributed by atoms with Gasteiger partial charge in [0.25, 0.3) is 0 Å². The molecule has 4 nitrogen and oxygen atoms in total. The van der Waals surface area contributed by atoms with E-state index < -0.39 is 7.37 Å². The van der Waals surface area contributed by atoms with E-state index in [1.165, 1.54) is 11.1 Å². The summed E-state index contributed by atoms with van der Waals surface area (Å²) in [5, 5.41) is 3.48. The first kappa shape index (κ1) is 17.4. The standard InChI is InChI=1S/C15H27N2O2P/c1-5-19-20(4,18)11-8-14(3)17-10-7-15-6-9-16-12-13(15)2/h6,9,12,14,17H,5,7-8,10-11H2,1-4H3/t14-,20-/m0/s1. The summed E-state index contributed by atoms with van der Waals surface area (Å²) in [7, 11) is -2.39. The summed E-state index contributed by atoms with van der Waals surface area (Å²) in [6.07, 6.45) is 6.25. The number of nitrogens with zero attached hydrogens (tertiary/aromatic N) is 1. The van der Waals surface area contributed by atoms with Gasteiger partial charge in [-0.3, -0.25) is 9.55 Å². The lowest BCUT2D eigenvalue weighted by atomic mass is 10.1. The van der Waals surface area contributed by atoms with Gasteiger partial charge in [0.2, 0.25) is 0 Å². The zero-order valence-corrected chi connectivity index (χ0v) is 14.0. The first-order chi connectivity index (χ1) is 9.44. The summed E-state index contributed by atoms with van der Waals surface area (Å²) < 4.78 is 17.3. The van der Waals surface area contributed by atoms with Crippen molar-refractivity contribution in [1.82, 2.24) is 10.3 Å². The van der Waals surface area contributed by atoms with Crippen LogP contribution in [0.5, 0.6) is 0 Å². The first-order valence-electron chi connectivity index (χ1n) is 7.28. The van der Waals surface area contributed by atoms with Crippen LogP contribution in [0.25, 0.3) is 0 Å². The zero-order valence-electron chi connectivity index (χ0n) is 13.1. The maximum atomic E-state index is 12.0. The van der Waals surface area contributed by atoms with Crippen LogP contribution >= 0.6 is 7.37 Å². The van der Waals surface area contributed by atoms with Crippen molar-refractivity contribution in [3.8, 4) is 0 Å². The van der Waals surface area contributed by atoms with Crippen LogP contribution in [-0.2, 0) is 15.5 Å². The van der Waals surface area contributed by atoms with Crippen molar-refractivity contribution in [2.45, 2.75) is 39.7 Å².